The molecular weight excluding hydrogens is 368 g/mol. The molecule has 6 nitrogen and oxygen atoms in total. The maximum absolute atomic E-state index is 11.9. The van der Waals surface area contributed by atoms with E-state index in [1.54, 1.807) is 30.4 Å². The van der Waals surface area contributed by atoms with Gasteiger partial charge in [-0.25, -0.2) is 4.79 Å². The van der Waals surface area contributed by atoms with Gasteiger partial charge in [-0.05, 0) is 12.2 Å². The van der Waals surface area contributed by atoms with E-state index >= 15 is 0 Å². The third kappa shape index (κ3) is 3.91. The first-order chi connectivity index (χ1) is 14.2. The van der Waals surface area contributed by atoms with Crippen LogP contribution in [0.1, 0.15) is 11.1 Å². The summed E-state index contributed by atoms with van der Waals surface area (Å²) in [4.78, 5) is 16.7. The van der Waals surface area contributed by atoms with Gasteiger partial charge in [0.2, 0.25) is 0 Å². The number of benzene rings is 2. The van der Waals surface area contributed by atoms with E-state index in [2.05, 4.69) is 10.3 Å². The summed E-state index contributed by atoms with van der Waals surface area (Å²) in [6, 6.07) is 18.8. The van der Waals surface area contributed by atoms with Crippen molar-refractivity contribution in [1.82, 2.24) is 5.16 Å². The second kappa shape index (κ2) is 8.22. The minimum Gasteiger partial charge on any atom is -0.479 e. The number of carbonyl (C=O) groups is 1. The Hall–Kier alpha value is -4.19. The smallest absolute Gasteiger partial charge is 0.368 e. The van der Waals surface area contributed by atoms with Crippen LogP contribution in [0.2, 0.25) is 0 Å². The molecule has 0 saturated carbocycles. The maximum Gasteiger partial charge on any atom is 0.368 e. The number of allylic oxidation sites excluding steroid dienone is 4. The molecule has 6 heteroatoms. The minimum atomic E-state index is -0.500. The summed E-state index contributed by atoms with van der Waals surface area (Å²) >= 11 is 0. The summed E-state index contributed by atoms with van der Waals surface area (Å²) in [5, 5.41) is 17.7. The summed E-state index contributed by atoms with van der Waals surface area (Å²) in [5.41, 5.74) is 3.52. The Morgan fingerprint density at radius 3 is 2.28 bits per heavy atom. The monoisotopic (exact) mass is 384 g/mol. The first-order valence-electron chi connectivity index (χ1n) is 8.88. The third-order valence-corrected chi connectivity index (χ3v) is 4.25. The minimum absolute atomic E-state index is 0.260. The van der Waals surface area contributed by atoms with Crippen LogP contribution in [-0.2, 0) is 9.63 Å². The van der Waals surface area contributed by atoms with Gasteiger partial charge >= 0.3 is 11.9 Å². The van der Waals surface area contributed by atoms with Gasteiger partial charge in [0, 0.05) is 11.1 Å². The number of hydrogen-bond donors (Lipinski definition) is 1. The van der Waals surface area contributed by atoms with Crippen molar-refractivity contribution >= 4 is 17.8 Å². The van der Waals surface area contributed by atoms with E-state index in [1.165, 1.54) is 0 Å². The van der Waals surface area contributed by atoms with Gasteiger partial charge in [0.15, 0.2) is 0 Å². The Morgan fingerprint density at radius 2 is 1.55 bits per heavy atom. The molecule has 0 atom stereocenters. The van der Waals surface area contributed by atoms with E-state index in [0.29, 0.717) is 22.5 Å². The van der Waals surface area contributed by atoms with Crippen molar-refractivity contribution in [3.63, 3.8) is 0 Å². The van der Waals surface area contributed by atoms with Crippen LogP contribution in [0.15, 0.2) is 100 Å². The average molecular weight is 384 g/mol. The second-order valence-corrected chi connectivity index (χ2v) is 6.13. The Balaban J connectivity index is 1.53. The Labute approximate surface area is 166 Å². The van der Waals surface area contributed by atoms with Gasteiger partial charge in [-0.2, -0.15) is 0 Å². The fourth-order valence-electron chi connectivity index (χ4n) is 2.84. The Kier molecular flexibility index (Phi) is 5.16. The molecule has 1 N–H and O–H groups in total. The first kappa shape index (κ1) is 18.2. The average Bonchev–Trinajstić information content (AvgIpc) is 3.32. The predicted octanol–water partition coefficient (Wildman–Crippen LogP) is 4.50. The highest BCUT2D eigenvalue weighted by molar-refractivity contribution is 6.28. The van der Waals surface area contributed by atoms with Crippen LogP contribution >= 0.6 is 0 Å². The maximum atomic E-state index is 11.9. The number of aromatic hydroxyl groups is 1. The van der Waals surface area contributed by atoms with Gasteiger partial charge < -0.3 is 14.5 Å². The molecule has 0 aliphatic carbocycles. The molecular formula is C23H16N2O4. The zero-order valence-corrected chi connectivity index (χ0v) is 15.2. The van der Waals surface area contributed by atoms with E-state index < -0.39 is 5.97 Å². The highest BCUT2D eigenvalue weighted by Gasteiger charge is 2.25. The normalized spacial score (nSPS) is 15.4. The summed E-state index contributed by atoms with van der Waals surface area (Å²) in [6.45, 7) is 0. The van der Waals surface area contributed by atoms with Crippen molar-refractivity contribution < 1.29 is 19.3 Å². The predicted molar refractivity (Wildman–Crippen MR) is 109 cm³/mol. The lowest BCUT2D eigenvalue weighted by molar-refractivity contribution is -0.136. The summed E-state index contributed by atoms with van der Waals surface area (Å²) in [5.74, 6) is -0.759. The highest BCUT2D eigenvalue weighted by Crippen LogP contribution is 2.30. The molecule has 0 saturated heterocycles. The lowest BCUT2D eigenvalue weighted by Crippen LogP contribution is -2.06. The fourth-order valence-corrected chi connectivity index (χ4v) is 2.84. The highest BCUT2D eigenvalue weighted by atomic mass is 16.7. The molecule has 3 aromatic rings. The van der Waals surface area contributed by atoms with Gasteiger partial charge in [-0.1, -0.05) is 89.2 Å². The van der Waals surface area contributed by atoms with Crippen LogP contribution in [0.4, 0.5) is 0 Å². The molecule has 0 bridgehead atoms. The standard InChI is InChI=1S/C23H16N2O4/c26-22-18(20(24-28-22)16-10-4-1-5-11-16)14-8-3-9-15-19-21(25-29-23(19)27)17-12-6-2-7-13-17/h1-15,26H/b9-3+,14-8+,19-15+. The molecule has 1 aliphatic rings. The quantitative estimate of drug-likeness (QED) is 0.398. The van der Waals surface area contributed by atoms with Crippen LogP contribution in [0.25, 0.3) is 17.3 Å². The Bertz CT molecular complexity index is 1140. The first-order valence-corrected chi connectivity index (χ1v) is 8.88. The molecule has 2 heterocycles. The van der Waals surface area contributed by atoms with E-state index in [4.69, 9.17) is 9.36 Å². The molecule has 0 unspecified atom stereocenters. The van der Waals surface area contributed by atoms with E-state index in [1.807, 2.05) is 60.7 Å². The largest absolute Gasteiger partial charge is 0.479 e. The number of hydrogen-bond acceptors (Lipinski definition) is 6. The van der Waals surface area contributed by atoms with Crippen LogP contribution in [0, 0.1) is 0 Å². The lowest BCUT2D eigenvalue weighted by Gasteiger charge is -1.98. The summed E-state index contributed by atoms with van der Waals surface area (Å²) in [6.07, 6.45) is 8.46. The summed E-state index contributed by atoms with van der Waals surface area (Å²) in [7, 11) is 0. The van der Waals surface area contributed by atoms with Gasteiger partial charge in [0.25, 0.3) is 0 Å². The van der Waals surface area contributed by atoms with Crippen LogP contribution < -0.4 is 0 Å². The Morgan fingerprint density at radius 1 is 0.862 bits per heavy atom. The number of rotatable bonds is 5. The van der Waals surface area contributed by atoms with E-state index in [9.17, 15) is 9.90 Å². The molecule has 142 valence electrons. The van der Waals surface area contributed by atoms with Crippen molar-refractivity contribution in [2.24, 2.45) is 5.16 Å². The van der Waals surface area contributed by atoms with Crippen molar-refractivity contribution in [3.8, 4) is 17.2 Å². The molecule has 0 spiro atoms. The SMILES string of the molecule is O=C1ON=C(c2ccccc2)\C1=C/C=C/C=C/c1c(-c2ccccc2)noc1O. The lowest BCUT2D eigenvalue weighted by atomic mass is 10.0. The third-order valence-electron chi connectivity index (χ3n) is 4.25. The molecule has 4 rings (SSSR count). The molecule has 2 aromatic carbocycles. The van der Waals surface area contributed by atoms with Crippen LogP contribution in [-0.4, -0.2) is 21.9 Å². The molecule has 0 radical (unpaired) electrons. The molecule has 29 heavy (non-hydrogen) atoms. The fraction of sp³-hybridized carbons (Fsp3) is 0. The van der Waals surface area contributed by atoms with Crippen molar-refractivity contribution in [2.75, 3.05) is 0 Å². The van der Waals surface area contributed by atoms with E-state index in [-0.39, 0.29) is 5.95 Å². The molecule has 1 aliphatic heterocycles. The number of aromatic nitrogens is 1. The van der Waals surface area contributed by atoms with Crippen LogP contribution in [0.3, 0.4) is 0 Å². The van der Waals surface area contributed by atoms with Crippen molar-refractivity contribution in [1.29, 1.82) is 0 Å². The zero-order valence-electron chi connectivity index (χ0n) is 15.2. The van der Waals surface area contributed by atoms with E-state index in [0.717, 1.165) is 11.1 Å². The topological polar surface area (TPSA) is 84.9 Å². The molecule has 0 fully saturated rings. The zero-order chi connectivity index (χ0) is 20.1. The molecule has 1 aromatic heterocycles. The van der Waals surface area contributed by atoms with Gasteiger partial charge in [-0.15, -0.1) is 0 Å². The molecule has 0 amide bonds. The van der Waals surface area contributed by atoms with Gasteiger partial charge in [0.05, 0.1) is 11.1 Å². The number of carbonyl (C=O) groups excluding carboxylic acids is 1. The number of oxime groups is 1. The van der Waals surface area contributed by atoms with Crippen LogP contribution in [0.5, 0.6) is 5.95 Å². The van der Waals surface area contributed by atoms with Gasteiger partial charge in [0.1, 0.15) is 11.4 Å². The number of nitrogens with zero attached hydrogens (tertiary/aromatic N) is 2. The van der Waals surface area contributed by atoms with Crippen molar-refractivity contribution in [2.45, 2.75) is 0 Å². The summed E-state index contributed by atoms with van der Waals surface area (Å²) < 4.78 is 4.91. The van der Waals surface area contributed by atoms with Gasteiger partial charge in [-0.3, -0.25) is 0 Å². The second-order valence-electron chi connectivity index (χ2n) is 6.13. The van der Waals surface area contributed by atoms with Crippen molar-refractivity contribution in [3.05, 3.63) is 102 Å².